The maximum absolute atomic E-state index is 9.14. The lowest BCUT2D eigenvalue weighted by atomic mass is 9.77. The maximum Gasteiger partial charge on any atom is 0.101 e. The molecule has 2 aromatic carbocycles. The van der Waals surface area contributed by atoms with Crippen LogP contribution >= 0.6 is 0 Å². The minimum Gasteiger partial charge on any atom is -0.397 e. The van der Waals surface area contributed by atoms with Crippen molar-refractivity contribution in [3.8, 4) is 17.2 Å². The summed E-state index contributed by atoms with van der Waals surface area (Å²) in [4.78, 5) is 0. The molecule has 0 unspecified atom stereocenters. The van der Waals surface area contributed by atoms with E-state index in [4.69, 9.17) is 11.0 Å². The fraction of sp³-hybridized carbons (Fsp3) is 0.316. The van der Waals surface area contributed by atoms with Crippen molar-refractivity contribution in [1.29, 1.82) is 5.26 Å². The van der Waals surface area contributed by atoms with Gasteiger partial charge in [0.2, 0.25) is 0 Å². The average molecular weight is 274 g/mol. The van der Waals surface area contributed by atoms with E-state index in [-0.39, 0.29) is 0 Å². The number of rotatable bonds is 0. The number of anilines is 1. The molecule has 2 aliphatic rings. The molecule has 2 aromatic rings. The third-order valence-electron chi connectivity index (χ3n) is 5.04. The van der Waals surface area contributed by atoms with Gasteiger partial charge in [-0.25, -0.2) is 0 Å². The van der Waals surface area contributed by atoms with E-state index >= 15 is 0 Å². The molecule has 4 rings (SSSR count). The highest BCUT2D eigenvalue weighted by atomic mass is 14.6. The molecule has 0 heterocycles. The molecule has 0 aromatic heterocycles. The maximum atomic E-state index is 9.14. The summed E-state index contributed by atoms with van der Waals surface area (Å²) < 4.78 is 0. The van der Waals surface area contributed by atoms with Gasteiger partial charge in [0.15, 0.2) is 0 Å². The Bertz CT molecular complexity index is 781. The van der Waals surface area contributed by atoms with Gasteiger partial charge in [-0.15, -0.1) is 0 Å². The Labute approximate surface area is 125 Å². The van der Waals surface area contributed by atoms with Gasteiger partial charge >= 0.3 is 0 Å². The highest BCUT2D eigenvalue weighted by molar-refractivity contribution is 5.81. The van der Waals surface area contributed by atoms with Gasteiger partial charge in [0.25, 0.3) is 0 Å². The van der Waals surface area contributed by atoms with E-state index < -0.39 is 0 Å². The highest BCUT2D eigenvalue weighted by Crippen LogP contribution is 2.41. The summed E-state index contributed by atoms with van der Waals surface area (Å²) >= 11 is 0. The molecule has 0 fully saturated rings. The molecule has 0 aliphatic heterocycles. The first-order valence-electron chi connectivity index (χ1n) is 7.75. The quantitative estimate of drug-likeness (QED) is 0.743. The van der Waals surface area contributed by atoms with E-state index in [0.29, 0.717) is 11.3 Å². The molecule has 2 N–H and O–H groups in total. The van der Waals surface area contributed by atoms with Gasteiger partial charge < -0.3 is 5.73 Å². The standard InChI is InChI=1S/C19H18N2/c20-11-13-6-8-17-16-7-5-12-3-1-2-4-14(12)15(16)9-10-18(17)19(13)21/h5-8H,1-4,9-10,21H2. The smallest absolute Gasteiger partial charge is 0.101 e. The predicted molar refractivity (Wildman–Crippen MR) is 85.1 cm³/mol. The molecule has 21 heavy (non-hydrogen) atoms. The Hall–Kier alpha value is -2.27. The van der Waals surface area contributed by atoms with Crippen molar-refractivity contribution in [2.45, 2.75) is 38.5 Å². The number of hydrogen-bond acceptors (Lipinski definition) is 2. The number of aryl methyl sites for hydroxylation is 1. The number of benzene rings is 2. The molecule has 0 atom stereocenters. The van der Waals surface area contributed by atoms with Crippen LogP contribution in [0, 0.1) is 11.3 Å². The van der Waals surface area contributed by atoms with Gasteiger partial charge in [0.1, 0.15) is 6.07 Å². The van der Waals surface area contributed by atoms with Gasteiger partial charge in [0.05, 0.1) is 11.3 Å². The van der Waals surface area contributed by atoms with E-state index in [1.165, 1.54) is 42.4 Å². The average Bonchev–Trinajstić information content (AvgIpc) is 2.54. The summed E-state index contributed by atoms with van der Waals surface area (Å²) in [5.74, 6) is 0. The Kier molecular flexibility index (Phi) is 2.75. The number of hydrogen-bond donors (Lipinski definition) is 1. The van der Waals surface area contributed by atoms with Crippen molar-refractivity contribution >= 4 is 5.69 Å². The second-order valence-electron chi connectivity index (χ2n) is 6.10. The van der Waals surface area contributed by atoms with Crippen molar-refractivity contribution in [3.05, 3.63) is 52.1 Å². The lowest BCUT2D eigenvalue weighted by Gasteiger charge is -2.27. The van der Waals surface area contributed by atoms with Crippen LogP contribution in [-0.2, 0) is 25.7 Å². The van der Waals surface area contributed by atoms with E-state index in [9.17, 15) is 0 Å². The van der Waals surface area contributed by atoms with Gasteiger partial charge in [-0.1, -0.05) is 18.2 Å². The summed E-state index contributed by atoms with van der Waals surface area (Å²) in [5.41, 5.74) is 15.9. The van der Waals surface area contributed by atoms with E-state index in [1.807, 2.05) is 6.07 Å². The van der Waals surface area contributed by atoms with Gasteiger partial charge in [-0.05, 0) is 78.0 Å². The van der Waals surface area contributed by atoms with Crippen LogP contribution in [0.1, 0.15) is 40.7 Å². The van der Waals surface area contributed by atoms with Crippen molar-refractivity contribution < 1.29 is 0 Å². The lowest BCUT2D eigenvalue weighted by Crippen LogP contribution is -2.14. The van der Waals surface area contributed by atoms with Gasteiger partial charge in [0, 0.05) is 0 Å². The largest absolute Gasteiger partial charge is 0.397 e. The summed E-state index contributed by atoms with van der Waals surface area (Å²) in [7, 11) is 0. The van der Waals surface area contributed by atoms with Crippen LogP contribution in [-0.4, -0.2) is 0 Å². The van der Waals surface area contributed by atoms with Crippen LogP contribution in [0.25, 0.3) is 11.1 Å². The van der Waals surface area contributed by atoms with Crippen LogP contribution in [0.2, 0.25) is 0 Å². The first-order chi connectivity index (χ1) is 10.3. The molecule has 2 heteroatoms. The van der Waals surface area contributed by atoms with Crippen LogP contribution < -0.4 is 5.73 Å². The van der Waals surface area contributed by atoms with Crippen molar-refractivity contribution in [3.63, 3.8) is 0 Å². The second kappa shape index (κ2) is 4.63. The normalized spacial score (nSPS) is 15.6. The van der Waals surface area contributed by atoms with E-state index in [2.05, 4.69) is 24.3 Å². The SMILES string of the molecule is N#Cc1ccc2c(c1N)CCc1c-2ccc2c1CCCC2. The van der Waals surface area contributed by atoms with E-state index in [1.54, 1.807) is 11.1 Å². The van der Waals surface area contributed by atoms with Crippen LogP contribution in [0.3, 0.4) is 0 Å². The van der Waals surface area contributed by atoms with Crippen molar-refractivity contribution in [1.82, 2.24) is 0 Å². The third kappa shape index (κ3) is 1.77. The topological polar surface area (TPSA) is 49.8 Å². The molecular formula is C19H18N2. The highest BCUT2D eigenvalue weighted by Gasteiger charge is 2.24. The molecule has 104 valence electrons. The summed E-state index contributed by atoms with van der Waals surface area (Å²) in [6.07, 6.45) is 7.10. The Morgan fingerprint density at radius 2 is 1.52 bits per heavy atom. The zero-order chi connectivity index (χ0) is 14.4. The third-order valence-corrected chi connectivity index (χ3v) is 5.04. The number of nitriles is 1. The Morgan fingerprint density at radius 3 is 2.38 bits per heavy atom. The first kappa shape index (κ1) is 12.5. The van der Waals surface area contributed by atoms with Crippen molar-refractivity contribution in [2.24, 2.45) is 0 Å². The molecular weight excluding hydrogens is 256 g/mol. The zero-order valence-electron chi connectivity index (χ0n) is 12.1. The number of nitrogen functional groups attached to an aromatic ring is 1. The Morgan fingerprint density at radius 1 is 0.810 bits per heavy atom. The fourth-order valence-electron chi connectivity index (χ4n) is 3.98. The molecule has 2 nitrogen and oxygen atoms in total. The molecule has 0 saturated carbocycles. The molecule has 0 spiro atoms. The predicted octanol–water partition coefficient (Wildman–Crippen LogP) is 3.78. The molecule has 0 bridgehead atoms. The minimum atomic E-state index is 0.607. The second-order valence-corrected chi connectivity index (χ2v) is 6.10. The van der Waals surface area contributed by atoms with E-state index in [0.717, 1.165) is 18.4 Å². The van der Waals surface area contributed by atoms with Crippen LogP contribution in [0.5, 0.6) is 0 Å². The van der Waals surface area contributed by atoms with Crippen molar-refractivity contribution in [2.75, 3.05) is 5.73 Å². The monoisotopic (exact) mass is 274 g/mol. The summed E-state index contributed by atoms with van der Waals surface area (Å²) in [6.45, 7) is 0. The van der Waals surface area contributed by atoms with Gasteiger partial charge in [-0.3, -0.25) is 0 Å². The minimum absolute atomic E-state index is 0.607. The number of nitrogens with zero attached hydrogens (tertiary/aromatic N) is 1. The number of fused-ring (bicyclic) bond motifs is 5. The Balaban J connectivity index is 1.94. The summed E-state index contributed by atoms with van der Waals surface area (Å²) in [5, 5.41) is 9.14. The molecule has 0 radical (unpaired) electrons. The molecule has 2 aliphatic carbocycles. The molecule has 0 saturated heterocycles. The lowest BCUT2D eigenvalue weighted by molar-refractivity contribution is 0.676. The molecule has 0 amide bonds. The van der Waals surface area contributed by atoms with Gasteiger partial charge in [-0.2, -0.15) is 5.26 Å². The van der Waals surface area contributed by atoms with Crippen LogP contribution in [0.4, 0.5) is 5.69 Å². The van der Waals surface area contributed by atoms with Crippen LogP contribution in [0.15, 0.2) is 24.3 Å². The fourth-order valence-corrected chi connectivity index (χ4v) is 3.98. The zero-order valence-corrected chi connectivity index (χ0v) is 12.1. The first-order valence-corrected chi connectivity index (χ1v) is 7.75. The number of nitrogens with two attached hydrogens (primary N) is 1. The summed E-state index contributed by atoms with van der Waals surface area (Å²) in [6, 6.07) is 10.7.